The Kier molecular flexibility index (Phi) is 11.4. The van der Waals surface area contributed by atoms with E-state index in [0.29, 0.717) is 23.7 Å². The first-order chi connectivity index (χ1) is 13.7. The van der Waals surface area contributed by atoms with Crippen LogP contribution in [-0.2, 0) is 0 Å². The average molecular weight is 469 g/mol. The van der Waals surface area contributed by atoms with Gasteiger partial charge in [-0.05, 0) is 34.8 Å². The second kappa shape index (κ2) is 12.3. The molecular weight excluding hydrogens is 428 g/mol. The maximum Gasteiger partial charge on any atom is 0.157 e. The van der Waals surface area contributed by atoms with Crippen molar-refractivity contribution >= 4 is 11.4 Å². The Morgan fingerprint density at radius 1 is 0.677 bits per heavy atom. The number of halogens is 1. The van der Waals surface area contributed by atoms with Crippen LogP contribution in [0.3, 0.4) is 0 Å². The van der Waals surface area contributed by atoms with Gasteiger partial charge in [-0.25, -0.2) is 0 Å². The maximum atomic E-state index is 2.67. The standard InChI is InChI=1S/C27H40N2.Ar.ClH/c1-18(2)22-11-9-12-23(19(3)4)26(22)28-15-16-29(17-28)27-24(20(5)6)13-10-14-25(27)21(7)8;;/h9-14,18-21H,15-17H2,1-8H3;;1H. The summed E-state index contributed by atoms with van der Waals surface area (Å²) in [7, 11) is 0. The number of benzene rings is 2. The second-order valence-electron chi connectivity index (χ2n) is 9.99. The van der Waals surface area contributed by atoms with Gasteiger partial charge in [-0.1, -0.05) is 91.8 Å². The number of hydrogen-bond donors (Lipinski definition) is 1. The molecule has 2 nitrogen and oxygen atoms in total. The van der Waals surface area contributed by atoms with Crippen LogP contribution in [0.5, 0.6) is 0 Å². The summed E-state index contributed by atoms with van der Waals surface area (Å²) < 4.78 is 0. The van der Waals surface area contributed by atoms with Crippen molar-refractivity contribution in [2.75, 3.05) is 24.7 Å². The number of para-hydroxylation sites is 2. The molecule has 31 heavy (non-hydrogen) atoms. The minimum atomic E-state index is 0. The van der Waals surface area contributed by atoms with Crippen LogP contribution in [0.4, 0.5) is 11.4 Å². The van der Waals surface area contributed by atoms with Crippen LogP contribution in [0.25, 0.3) is 0 Å². The third-order valence-electron chi connectivity index (χ3n) is 6.45. The van der Waals surface area contributed by atoms with Gasteiger partial charge in [0.15, 0.2) is 6.67 Å². The van der Waals surface area contributed by atoms with Crippen molar-refractivity contribution < 1.29 is 55.0 Å². The van der Waals surface area contributed by atoms with Gasteiger partial charge in [0, 0.05) is 54.6 Å². The van der Waals surface area contributed by atoms with Crippen molar-refractivity contribution in [3.05, 3.63) is 58.7 Å². The molecule has 1 fully saturated rings. The zero-order valence-corrected chi connectivity index (χ0v) is 22.0. The van der Waals surface area contributed by atoms with Crippen molar-refractivity contribution in [1.82, 2.24) is 0 Å². The molecule has 1 N–H and O–H groups in total. The molecule has 1 atom stereocenters. The number of nitrogens with one attached hydrogen (secondary N) is 1. The second-order valence-corrected chi connectivity index (χ2v) is 9.99. The van der Waals surface area contributed by atoms with E-state index in [1.807, 2.05) is 0 Å². The first-order valence-electron chi connectivity index (χ1n) is 11.6. The Bertz CT molecular complexity index is 723. The van der Waals surface area contributed by atoms with Gasteiger partial charge in [0.05, 0.1) is 6.54 Å². The van der Waals surface area contributed by atoms with Crippen LogP contribution in [0.2, 0.25) is 0 Å². The molecule has 0 aromatic heterocycles. The zero-order valence-electron chi connectivity index (χ0n) is 20.6. The summed E-state index contributed by atoms with van der Waals surface area (Å²) in [6.07, 6.45) is 0. The van der Waals surface area contributed by atoms with Crippen molar-refractivity contribution in [2.24, 2.45) is 0 Å². The summed E-state index contributed by atoms with van der Waals surface area (Å²) in [4.78, 5) is 4.30. The van der Waals surface area contributed by atoms with Gasteiger partial charge in [-0.3, -0.25) is 4.90 Å². The molecule has 1 aliphatic rings. The van der Waals surface area contributed by atoms with E-state index in [1.165, 1.54) is 34.5 Å². The van der Waals surface area contributed by atoms with Gasteiger partial charge < -0.3 is 17.3 Å². The van der Waals surface area contributed by atoms with Crippen LogP contribution in [0.15, 0.2) is 36.4 Å². The zero-order chi connectivity index (χ0) is 21.3. The number of quaternary nitrogens is 1. The summed E-state index contributed by atoms with van der Waals surface area (Å²) in [5, 5.41) is 0. The quantitative estimate of drug-likeness (QED) is 0.684. The third-order valence-corrected chi connectivity index (χ3v) is 6.45. The first-order valence-corrected chi connectivity index (χ1v) is 11.6. The minimum absolute atomic E-state index is 0. The van der Waals surface area contributed by atoms with E-state index in [0.717, 1.165) is 13.2 Å². The van der Waals surface area contributed by atoms with Crippen molar-refractivity contribution in [3.63, 3.8) is 0 Å². The van der Waals surface area contributed by atoms with Gasteiger partial charge in [-0.15, -0.1) is 0 Å². The Morgan fingerprint density at radius 3 is 1.45 bits per heavy atom. The van der Waals surface area contributed by atoms with E-state index < -0.39 is 0 Å². The predicted molar refractivity (Wildman–Crippen MR) is 127 cm³/mol. The van der Waals surface area contributed by atoms with E-state index in [1.54, 1.807) is 10.6 Å². The van der Waals surface area contributed by atoms with Crippen molar-refractivity contribution in [2.45, 2.75) is 79.1 Å². The molecule has 0 amide bonds. The molecule has 0 aliphatic carbocycles. The molecule has 1 saturated heterocycles. The summed E-state index contributed by atoms with van der Waals surface area (Å²) in [5.74, 6) is 2.20. The largest absolute Gasteiger partial charge is 1.00 e. The van der Waals surface area contributed by atoms with Crippen LogP contribution < -0.4 is 22.2 Å². The molecule has 4 heteroatoms. The number of hydrogen-bond acceptors (Lipinski definition) is 1. The number of nitrogens with zero attached hydrogens (tertiary/aromatic N) is 1. The molecule has 174 valence electrons. The van der Waals surface area contributed by atoms with Crippen LogP contribution >= 0.6 is 0 Å². The van der Waals surface area contributed by atoms with Gasteiger partial charge in [0.25, 0.3) is 0 Å². The summed E-state index contributed by atoms with van der Waals surface area (Å²) in [6, 6.07) is 13.9. The van der Waals surface area contributed by atoms with Crippen molar-refractivity contribution in [3.8, 4) is 0 Å². The maximum absolute atomic E-state index is 2.67. The molecular formula is C27H41ArClN2. The third kappa shape index (κ3) is 6.21. The topological polar surface area (TPSA) is 7.68 Å². The van der Waals surface area contributed by atoms with Crippen LogP contribution in [0, 0.1) is 37.7 Å². The fourth-order valence-corrected chi connectivity index (χ4v) is 4.89. The predicted octanol–water partition coefficient (Wildman–Crippen LogP) is 3.18. The summed E-state index contributed by atoms with van der Waals surface area (Å²) >= 11 is 0. The summed E-state index contributed by atoms with van der Waals surface area (Å²) in [5.41, 5.74) is 9.11. The molecule has 1 aliphatic heterocycles. The van der Waals surface area contributed by atoms with Crippen LogP contribution in [-0.4, -0.2) is 19.8 Å². The molecule has 0 bridgehead atoms. The van der Waals surface area contributed by atoms with E-state index >= 15 is 0 Å². The van der Waals surface area contributed by atoms with E-state index in [2.05, 4.69) is 96.7 Å². The number of anilines is 1. The molecule has 2 aromatic rings. The van der Waals surface area contributed by atoms with Gasteiger partial charge in [0.1, 0.15) is 12.2 Å². The van der Waals surface area contributed by atoms with Crippen molar-refractivity contribution in [1.29, 1.82) is 0 Å². The van der Waals surface area contributed by atoms with E-state index in [-0.39, 0.29) is 50.1 Å². The molecule has 1 unspecified atom stereocenters. The Balaban J connectivity index is 0.00000240. The van der Waals surface area contributed by atoms with Gasteiger partial charge in [-0.2, -0.15) is 0 Å². The Labute approximate surface area is 227 Å². The SMILES string of the molecule is CC(C)c1cccc(C(C)C)c1N1CC[NH+](c2c(C(C)C)cccc2C(C)C)C1.[Ar].[Cl-]. The van der Waals surface area contributed by atoms with Gasteiger partial charge >= 0.3 is 0 Å². The summed E-state index contributed by atoms with van der Waals surface area (Å²) in [6.45, 7) is 22.0. The monoisotopic (exact) mass is 468 g/mol. The molecule has 0 saturated carbocycles. The normalized spacial score (nSPS) is 16.3. The molecule has 0 spiro atoms. The van der Waals surface area contributed by atoms with E-state index in [4.69, 9.17) is 0 Å². The van der Waals surface area contributed by atoms with Gasteiger partial charge in [0.2, 0.25) is 0 Å². The fraction of sp³-hybridized carbons (Fsp3) is 0.556. The smallest absolute Gasteiger partial charge is 0.157 e. The Morgan fingerprint density at radius 2 is 1.06 bits per heavy atom. The number of rotatable bonds is 6. The molecule has 2 aromatic carbocycles. The first kappa shape index (κ1) is 28.8. The Hall–Kier alpha value is -0.250. The average Bonchev–Trinajstić information content (AvgIpc) is 3.15. The van der Waals surface area contributed by atoms with Crippen LogP contribution in [0.1, 0.15) is 101 Å². The molecule has 3 rings (SSSR count). The minimum Gasteiger partial charge on any atom is -1.00 e. The molecule has 0 radical (unpaired) electrons. The fourth-order valence-electron chi connectivity index (χ4n) is 4.89. The van der Waals surface area contributed by atoms with E-state index in [9.17, 15) is 0 Å². The molecule has 1 heterocycles.